The summed E-state index contributed by atoms with van der Waals surface area (Å²) < 4.78 is 0. The first-order valence-electron chi connectivity index (χ1n) is 7.34. The zero-order chi connectivity index (χ0) is 17.0. The molecule has 0 fully saturated rings. The van der Waals surface area contributed by atoms with E-state index in [1.165, 1.54) is 5.56 Å². The first-order chi connectivity index (χ1) is 10.8. The number of carbonyl (C=O) groups excluding carboxylic acids is 1. The number of amides is 1. The summed E-state index contributed by atoms with van der Waals surface area (Å²) in [5, 5.41) is 5.84. The van der Waals surface area contributed by atoms with Crippen LogP contribution in [-0.4, -0.2) is 11.0 Å². The maximum atomic E-state index is 12.2. The van der Waals surface area contributed by atoms with Gasteiger partial charge in [0.1, 0.15) is 0 Å². The van der Waals surface area contributed by atoms with Crippen molar-refractivity contribution in [3.63, 3.8) is 0 Å². The van der Waals surface area contributed by atoms with Crippen LogP contribution in [0.15, 0.2) is 48.5 Å². The van der Waals surface area contributed by atoms with Crippen molar-refractivity contribution in [2.24, 2.45) is 0 Å². The van der Waals surface area contributed by atoms with E-state index < -0.39 is 0 Å². The van der Waals surface area contributed by atoms with E-state index >= 15 is 0 Å². The molecule has 5 heteroatoms. The largest absolute Gasteiger partial charge is 0.399 e. The van der Waals surface area contributed by atoms with Gasteiger partial charge >= 0.3 is 0 Å². The van der Waals surface area contributed by atoms with Gasteiger partial charge in [-0.2, -0.15) is 0 Å². The lowest BCUT2D eigenvalue weighted by Gasteiger charge is -2.19. The molecule has 2 aromatic rings. The fraction of sp³-hybridized carbons (Fsp3) is 0.222. The summed E-state index contributed by atoms with van der Waals surface area (Å²) >= 11 is 5.16. The highest BCUT2D eigenvalue weighted by Gasteiger charge is 2.14. The molecule has 0 aliphatic heterocycles. The van der Waals surface area contributed by atoms with E-state index in [0.29, 0.717) is 11.3 Å². The summed E-state index contributed by atoms with van der Waals surface area (Å²) in [6.45, 7) is 6.39. The molecular weight excluding hydrogens is 306 g/mol. The first-order valence-corrected chi connectivity index (χ1v) is 7.75. The van der Waals surface area contributed by atoms with Gasteiger partial charge in [0, 0.05) is 16.9 Å². The van der Waals surface area contributed by atoms with E-state index in [1.807, 2.05) is 24.3 Å². The number of nitrogens with one attached hydrogen (secondary N) is 2. The van der Waals surface area contributed by atoms with E-state index in [-0.39, 0.29) is 16.4 Å². The smallest absolute Gasteiger partial charge is 0.257 e. The number of hydrogen-bond acceptors (Lipinski definition) is 3. The number of carbonyl (C=O) groups is 1. The van der Waals surface area contributed by atoms with Gasteiger partial charge in [0.15, 0.2) is 5.11 Å². The van der Waals surface area contributed by atoms with Gasteiger partial charge in [-0.3, -0.25) is 10.1 Å². The van der Waals surface area contributed by atoms with Gasteiger partial charge in [-0.15, -0.1) is 0 Å². The Bertz CT molecular complexity index is 718. The second-order valence-electron chi connectivity index (χ2n) is 6.36. The molecule has 0 heterocycles. The number of thiocarbonyl (C=S) groups is 1. The van der Waals surface area contributed by atoms with Crippen LogP contribution < -0.4 is 16.4 Å². The van der Waals surface area contributed by atoms with E-state index in [1.54, 1.807) is 24.3 Å². The number of hydrogen-bond donors (Lipinski definition) is 3. The van der Waals surface area contributed by atoms with Crippen molar-refractivity contribution in [1.29, 1.82) is 0 Å². The molecule has 0 radical (unpaired) electrons. The van der Waals surface area contributed by atoms with Gasteiger partial charge in [0.2, 0.25) is 0 Å². The molecule has 0 saturated carbocycles. The molecule has 4 N–H and O–H groups in total. The van der Waals surface area contributed by atoms with Crippen molar-refractivity contribution in [2.45, 2.75) is 26.2 Å². The molecular formula is C18H21N3OS. The normalized spacial score (nSPS) is 10.9. The van der Waals surface area contributed by atoms with Crippen LogP contribution >= 0.6 is 12.2 Å². The Morgan fingerprint density at radius 2 is 1.74 bits per heavy atom. The SMILES string of the molecule is CC(C)(C)c1ccc(C(=O)NC(=S)Nc2cccc(N)c2)cc1. The van der Waals surface area contributed by atoms with Gasteiger partial charge in [-0.25, -0.2) is 0 Å². The predicted octanol–water partition coefficient (Wildman–Crippen LogP) is 3.69. The highest BCUT2D eigenvalue weighted by molar-refractivity contribution is 7.80. The van der Waals surface area contributed by atoms with Gasteiger partial charge in [0.25, 0.3) is 5.91 Å². The molecule has 0 aliphatic carbocycles. The molecule has 0 spiro atoms. The summed E-state index contributed by atoms with van der Waals surface area (Å²) in [6.07, 6.45) is 0. The summed E-state index contributed by atoms with van der Waals surface area (Å²) in [5.41, 5.74) is 8.86. The van der Waals surface area contributed by atoms with Gasteiger partial charge in [-0.05, 0) is 53.5 Å². The molecule has 0 atom stereocenters. The first kappa shape index (κ1) is 17.0. The topological polar surface area (TPSA) is 67.2 Å². The van der Waals surface area contributed by atoms with Crippen molar-refractivity contribution < 1.29 is 4.79 Å². The highest BCUT2D eigenvalue weighted by atomic mass is 32.1. The molecule has 0 bridgehead atoms. The summed E-state index contributed by atoms with van der Waals surface area (Å²) in [4.78, 5) is 12.2. The molecule has 2 aromatic carbocycles. The number of nitrogens with two attached hydrogens (primary N) is 1. The summed E-state index contributed by atoms with van der Waals surface area (Å²) in [7, 11) is 0. The van der Waals surface area contributed by atoms with Crippen LogP contribution in [0.1, 0.15) is 36.7 Å². The van der Waals surface area contributed by atoms with E-state index in [9.17, 15) is 4.79 Å². The van der Waals surface area contributed by atoms with Gasteiger partial charge in [-0.1, -0.05) is 39.0 Å². The Labute approximate surface area is 142 Å². The quantitative estimate of drug-likeness (QED) is 0.581. The summed E-state index contributed by atoms with van der Waals surface area (Å²) in [5.74, 6) is -0.244. The maximum absolute atomic E-state index is 12.2. The van der Waals surface area contributed by atoms with Crippen LogP contribution in [-0.2, 0) is 5.41 Å². The minimum absolute atomic E-state index is 0.0547. The van der Waals surface area contributed by atoms with Crippen molar-refractivity contribution in [3.05, 3.63) is 59.7 Å². The van der Waals surface area contributed by atoms with Crippen molar-refractivity contribution in [1.82, 2.24) is 5.32 Å². The van der Waals surface area contributed by atoms with Crippen LogP contribution in [0.2, 0.25) is 0 Å². The van der Waals surface area contributed by atoms with Crippen molar-refractivity contribution in [3.8, 4) is 0 Å². The second-order valence-corrected chi connectivity index (χ2v) is 6.77. The van der Waals surface area contributed by atoms with Crippen LogP contribution in [0.3, 0.4) is 0 Å². The molecule has 23 heavy (non-hydrogen) atoms. The monoisotopic (exact) mass is 327 g/mol. The third-order valence-corrected chi connectivity index (χ3v) is 3.59. The molecule has 0 unspecified atom stereocenters. The minimum atomic E-state index is -0.244. The Morgan fingerprint density at radius 3 is 2.30 bits per heavy atom. The Morgan fingerprint density at radius 1 is 1.09 bits per heavy atom. The van der Waals surface area contributed by atoms with Crippen LogP contribution in [0.5, 0.6) is 0 Å². The maximum Gasteiger partial charge on any atom is 0.257 e. The van der Waals surface area contributed by atoms with Crippen molar-refractivity contribution in [2.75, 3.05) is 11.1 Å². The van der Waals surface area contributed by atoms with Crippen LogP contribution in [0.4, 0.5) is 11.4 Å². The van der Waals surface area contributed by atoms with E-state index in [4.69, 9.17) is 18.0 Å². The second kappa shape index (κ2) is 6.79. The average molecular weight is 327 g/mol. The third-order valence-electron chi connectivity index (χ3n) is 3.38. The molecule has 0 aliphatic rings. The Hall–Kier alpha value is -2.40. The number of nitrogen functional groups attached to an aromatic ring is 1. The minimum Gasteiger partial charge on any atom is -0.399 e. The fourth-order valence-corrected chi connectivity index (χ4v) is 2.29. The van der Waals surface area contributed by atoms with E-state index in [0.717, 1.165) is 5.69 Å². The van der Waals surface area contributed by atoms with Gasteiger partial charge in [0.05, 0.1) is 0 Å². The molecule has 1 amide bonds. The lowest BCUT2D eigenvalue weighted by Crippen LogP contribution is -2.34. The van der Waals surface area contributed by atoms with Gasteiger partial charge < -0.3 is 11.1 Å². The lowest BCUT2D eigenvalue weighted by atomic mass is 9.87. The molecule has 0 saturated heterocycles. The number of benzene rings is 2. The standard InChI is InChI=1S/C18H21N3OS/c1-18(2,3)13-9-7-12(8-10-13)16(22)21-17(23)20-15-6-4-5-14(19)11-15/h4-11H,19H2,1-3H3,(H2,20,21,22,23). The predicted molar refractivity (Wildman–Crippen MR) is 99.7 cm³/mol. The van der Waals surface area contributed by atoms with Crippen LogP contribution in [0, 0.1) is 0 Å². The Balaban J connectivity index is 2.00. The Kier molecular flexibility index (Phi) is 5.01. The average Bonchev–Trinajstić information content (AvgIpc) is 2.46. The lowest BCUT2D eigenvalue weighted by molar-refractivity contribution is 0.0977. The van der Waals surface area contributed by atoms with E-state index in [2.05, 4.69) is 31.4 Å². The molecule has 0 aromatic heterocycles. The highest BCUT2D eigenvalue weighted by Crippen LogP contribution is 2.22. The third kappa shape index (κ3) is 4.79. The molecule has 2 rings (SSSR count). The molecule has 120 valence electrons. The van der Waals surface area contributed by atoms with Crippen LogP contribution in [0.25, 0.3) is 0 Å². The molecule has 4 nitrogen and oxygen atoms in total. The fourth-order valence-electron chi connectivity index (χ4n) is 2.08. The number of anilines is 2. The van der Waals surface area contributed by atoms with Crippen molar-refractivity contribution >= 4 is 34.6 Å². The zero-order valence-electron chi connectivity index (χ0n) is 13.5. The summed E-state index contributed by atoms with van der Waals surface area (Å²) in [6, 6.07) is 14.7. The number of rotatable bonds is 2. The zero-order valence-corrected chi connectivity index (χ0v) is 14.3.